The van der Waals surface area contributed by atoms with Crippen LogP contribution in [0.2, 0.25) is 0 Å². The Morgan fingerprint density at radius 1 is 0.654 bits per heavy atom. The molecule has 0 spiro atoms. The number of nitrogens with zero attached hydrogens (tertiary/aromatic N) is 1. The summed E-state index contributed by atoms with van der Waals surface area (Å²) in [4.78, 5) is 4.89. The molecule has 134 valence electrons. The van der Waals surface area contributed by atoms with E-state index in [1.165, 1.54) is 5.56 Å². The van der Waals surface area contributed by atoms with Crippen molar-refractivity contribution in [3.63, 3.8) is 0 Å². The fraction of sp³-hybridized carbons (Fsp3) is 0.286. The molecule has 1 aromatic heterocycles. The minimum absolute atomic E-state index is 0.690. The zero-order valence-corrected chi connectivity index (χ0v) is 15.4. The summed E-state index contributed by atoms with van der Waals surface area (Å²) in [5.41, 5.74) is 5.52. The van der Waals surface area contributed by atoms with E-state index in [1.807, 2.05) is 18.2 Å². The monoisotopic (exact) mass is 351 g/mol. The van der Waals surface area contributed by atoms with Gasteiger partial charge in [-0.15, -0.1) is 0 Å². The SMILES string of the molecule is COc1cc2c(cc1OC)-c1cc3cc(OC)c(OC)cc3nc1CC2. The van der Waals surface area contributed by atoms with Crippen molar-refractivity contribution in [3.05, 3.63) is 41.6 Å². The van der Waals surface area contributed by atoms with Crippen LogP contribution >= 0.6 is 0 Å². The van der Waals surface area contributed by atoms with Crippen LogP contribution in [0.25, 0.3) is 22.0 Å². The predicted molar refractivity (Wildman–Crippen MR) is 101 cm³/mol. The molecule has 0 saturated carbocycles. The van der Waals surface area contributed by atoms with Crippen molar-refractivity contribution in [2.24, 2.45) is 0 Å². The third-order valence-corrected chi connectivity index (χ3v) is 4.93. The number of fused-ring (bicyclic) bond motifs is 4. The summed E-state index contributed by atoms with van der Waals surface area (Å²) in [6, 6.07) is 10.2. The maximum atomic E-state index is 5.49. The van der Waals surface area contributed by atoms with Crippen molar-refractivity contribution in [1.29, 1.82) is 0 Å². The highest BCUT2D eigenvalue weighted by Gasteiger charge is 2.21. The number of hydrogen-bond acceptors (Lipinski definition) is 5. The Labute approximate surface area is 152 Å². The van der Waals surface area contributed by atoms with Crippen LogP contribution in [0.15, 0.2) is 30.3 Å². The van der Waals surface area contributed by atoms with Gasteiger partial charge in [-0.1, -0.05) is 0 Å². The lowest BCUT2D eigenvalue weighted by atomic mass is 9.87. The van der Waals surface area contributed by atoms with E-state index in [0.29, 0.717) is 11.5 Å². The first-order valence-electron chi connectivity index (χ1n) is 8.49. The summed E-state index contributed by atoms with van der Waals surface area (Å²) in [6.45, 7) is 0. The van der Waals surface area contributed by atoms with E-state index in [-0.39, 0.29) is 0 Å². The van der Waals surface area contributed by atoms with Crippen LogP contribution in [0, 0.1) is 0 Å². The molecule has 1 aliphatic carbocycles. The molecule has 4 rings (SSSR count). The number of hydrogen-bond donors (Lipinski definition) is 0. The van der Waals surface area contributed by atoms with Crippen molar-refractivity contribution >= 4 is 10.9 Å². The summed E-state index contributed by atoms with van der Waals surface area (Å²) in [6.07, 6.45) is 1.82. The van der Waals surface area contributed by atoms with E-state index in [9.17, 15) is 0 Å². The van der Waals surface area contributed by atoms with Gasteiger partial charge in [-0.25, -0.2) is 0 Å². The van der Waals surface area contributed by atoms with Gasteiger partial charge in [0.1, 0.15) is 0 Å². The Kier molecular flexibility index (Phi) is 4.07. The van der Waals surface area contributed by atoms with E-state index < -0.39 is 0 Å². The lowest BCUT2D eigenvalue weighted by Gasteiger charge is -2.22. The van der Waals surface area contributed by atoms with Gasteiger partial charge in [-0.05, 0) is 48.2 Å². The van der Waals surface area contributed by atoms with Gasteiger partial charge in [0.15, 0.2) is 23.0 Å². The van der Waals surface area contributed by atoms with E-state index in [0.717, 1.165) is 52.1 Å². The van der Waals surface area contributed by atoms with Gasteiger partial charge in [0.05, 0.1) is 34.0 Å². The van der Waals surface area contributed by atoms with E-state index in [1.54, 1.807) is 28.4 Å². The molecule has 1 aliphatic rings. The first-order chi connectivity index (χ1) is 12.7. The third-order valence-electron chi connectivity index (χ3n) is 4.93. The normalized spacial score (nSPS) is 12.3. The quantitative estimate of drug-likeness (QED) is 0.710. The van der Waals surface area contributed by atoms with Gasteiger partial charge < -0.3 is 18.9 Å². The zero-order valence-electron chi connectivity index (χ0n) is 15.4. The Bertz CT molecular complexity index is 997. The molecule has 0 fully saturated rings. The molecule has 0 bridgehead atoms. The summed E-state index contributed by atoms with van der Waals surface area (Å²) >= 11 is 0. The van der Waals surface area contributed by atoms with Gasteiger partial charge in [-0.2, -0.15) is 0 Å². The fourth-order valence-electron chi connectivity index (χ4n) is 3.60. The summed E-state index contributed by atoms with van der Waals surface area (Å²) in [7, 11) is 6.60. The Hall–Kier alpha value is -2.95. The number of aromatic nitrogens is 1. The maximum absolute atomic E-state index is 5.49. The van der Waals surface area contributed by atoms with E-state index >= 15 is 0 Å². The number of methoxy groups -OCH3 is 4. The second kappa shape index (κ2) is 6.41. The smallest absolute Gasteiger partial charge is 0.162 e. The van der Waals surface area contributed by atoms with Gasteiger partial charge in [-0.3, -0.25) is 4.98 Å². The van der Waals surface area contributed by atoms with Crippen molar-refractivity contribution in [3.8, 4) is 34.1 Å². The first kappa shape index (κ1) is 16.5. The molecule has 0 unspecified atom stereocenters. The number of pyridine rings is 1. The molecule has 0 aliphatic heterocycles. The number of benzene rings is 2. The van der Waals surface area contributed by atoms with E-state index in [2.05, 4.69) is 12.1 Å². The first-order valence-corrected chi connectivity index (χ1v) is 8.49. The molecule has 5 heteroatoms. The van der Waals surface area contributed by atoms with Crippen LogP contribution in [0.3, 0.4) is 0 Å². The zero-order chi connectivity index (χ0) is 18.3. The molecular weight excluding hydrogens is 330 g/mol. The molecule has 0 atom stereocenters. The topological polar surface area (TPSA) is 49.8 Å². The second-order valence-electron chi connectivity index (χ2n) is 6.25. The summed E-state index contributed by atoms with van der Waals surface area (Å²) < 4.78 is 21.8. The highest BCUT2D eigenvalue weighted by Crippen LogP contribution is 2.42. The highest BCUT2D eigenvalue weighted by molar-refractivity contribution is 5.89. The van der Waals surface area contributed by atoms with Crippen molar-refractivity contribution in [2.75, 3.05) is 28.4 Å². The lowest BCUT2D eigenvalue weighted by Crippen LogP contribution is -2.07. The van der Waals surface area contributed by atoms with Gasteiger partial charge in [0.25, 0.3) is 0 Å². The van der Waals surface area contributed by atoms with Crippen molar-refractivity contribution in [1.82, 2.24) is 4.98 Å². The molecule has 0 radical (unpaired) electrons. The number of aryl methyl sites for hydroxylation is 2. The Balaban J connectivity index is 1.94. The maximum Gasteiger partial charge on any atom is 0.162 e. The standard InChI is InChI=1S/C21H21NO4/c1-23-18-8-12-5-6-16-15(14(12)10-20(18)25-3)7-13-9-19(24-2)21(26-4)11-17(13)22-16/h7-11H,5-6H2,1-4H3. The molecule has 0 N–H and O–H groups in total. The third kappa shape index (κ3) is 2.51. The minimum Gasteiger partial charge on any atom is -0.493 e. The average molecular weight is 351 g/mol. The molecule has 1 heterocycles. The number of rotatable bonds is 4. The fourth-order valence-corrected chi connectivity index (χ4v) is 3.60. The molecule has 5 nitrogen and oxygen atoms in total. The molecule has 2 aromatic carbocycles. The largest absolute Gasteiger partial charge is 0.493 e. The minimum atomic E-state index is 0.690. The molecule has 0 saturated heterocycles. The Morgan fingerprint density at radius 2 is 1.27 bits per heavy atom. The number of ether oxygens (including phenoxy) is 4. The molecule has 3 aromatic rings. The highest BCUT2D eigenvalue weighted by atomic mass is 16.5. The average Bonchev–Trinajstić information content (AvgIpc) is 2.69. The second-order valence-corrected chi connectivity index (χ2v) is 6.25. The summed E-state index contributed by atoms with van der Waals surface area (Å²) in [5, 5.41) is 1.02. The molecular formula is C21H21NO4. The lowest BCUT2D eigenvalue weighted by molar-refractivity contribution is 0.354. The van der Waals surface area contributed by atoms with Crippen LogP contribution in [0.4, 0.5) is 0 Å². The van der Waals surface area contributed by atoms with Crippen LogP contribution in [0.1, 0.15) is 11.3 Å². The van der Waals surface area contributed by atoms with Crippen molar-refractivity contribution in [2.45, 2.75) is 12.8 Å². The van der Waals surface area contributed by atoms with Crippen LogP contribution in [-0.2, 0) is 12.8 Å². The Morgan fingerprint density at radius 3 is 1.96 bits per heavy atom. The van der Waals surface area contributed by atoms with Crippen molar-refractivity contribution < 1.29 is 18.9 Å². The van der Waals surface area contributed by atoms with Crippen LogP contribution < -0.4 is 18.9 Å². The van der Waals surface area contributed by atoms with Gasteiger partial charge in [0, 0.05) is 22.7 Å². The van der Waals surface area contributed by atoms with Gasteiger partial charge in [0.2, 0.25) is 0 Å². The molecule has 0 amide bonds. The summed E-state index contributed by atoms with van der Waals surface area (Å²) in [5.74, 6) is 2.88. The molecule has 26 heavy (non-hydrogen) atoms. The van der Waals surface area contributed by atoms with Crippen LogP contribution in [0.5, 0.6) is 23.0 Å². The predicted octanol–water partition coefficient (Wildman–Crippen LogP) is 4.03. The van der Waals surface area contributed by atoms with Crippen LogP contribution in [-0.4, -0.2) is 33.4 Å². The van der Waals surface area contributed by atoms with Gasteiger partial charge >= 0.3 is 0 Å². The van der Waals surface area contributed by atoms with E-state index in [4.69, 9.17) is 23.9 Å².